The number of nitrogen functional groups attached to an aromatic ring is 1. The van der Waals surface area contributed by atoms with Crippen LogP contribution in [0.2, 0.25) is 0 Å². The van der Waals surface area contributed by atoms with Crippen LogP contribution in [0.3, 0.4) is 0 Å². The van der Waals surface area contributed by atoms with Gasteiger partial charge in [-0.3, -0.25) is 0 Å². The molecule has 0 atom stereocenters. The number of hydrogen-bond acceptors (Lipinski definition) is 2. The SMILES string of the molecule is Cn1ccc2nc(N)ccc21. The van der Waals surface area contributed by atoms with Gasteiger partial charge in [0, 0.05) is 13.2 Å². The Morgan fingerprint density at radius 2 is 2.18 bits per heavy atom. The largest absolute Gasteiger partial charge is 0.384 e. The Bertz CT molecular complexity index is 389. The summed E-state index contributed by atoms with van der Waals surface area (Å²) >= 11 is 0. The van der Waals surface area contributed by atoms with E-state index in [1.807, 2.05) is 36.0 Å². The number of pyridine rings is 1. The van der Waals surface area contributed by atoms with Crippen molar-refractivity contribution in [2.24, 2.45) is 7.05 Å². The van der Waals surface area contributed by atoms with E-state index in [4.69, 9.17) is 5.73 Å². The zero-order valence-electron chi connectivity index (χ0n) is 6.28. The Morgan fingerprint density at radius 3 is 3.00 bits per heavy atom. The Morgan fingerprint density at radius 1 is 1.36 bits per heavy atom. The predicted octanol–water partition coefficient (Wildman–Crippen LogP) is 1.16. The van der Waals surface area contributed by atoms with Gasteiger partial charge in [0.1, 0.15) is 5.82 Å². The highest BCUT2D eigenvalue weighted by molar-refractivity contribution is 5.77. The zero-order chi connectivity index (χ0) is 7.84. The second-order valence-corrected chi connectivity index (χ2v) is 2.57. The van der Waals surface area contributed by atoms with Crippen LogP contribution in [0, 0.1) is 0 Å². The highest BCUT2D eigenvalue weighted by Crippen LogP contribution is 2.12. The molecule has 0 aliphatic rings. The van der Waals surface area contributed by atoms with Crippen molar-refractivity contribution in [1.29, 1.82) is 0 Å². The first-order valence-corrected chi connectivity index (χ1v) is 3.45. The number of anilines is 1. The molecule has 0 unspecified atom stereocenters. The molecule has 2 rings (SSSR count). The van der Waals surface area contributed by atoms with E-state index in [0.29, 0.717) is 5.82 Å². The summed E-state index contributed by atoms with van der Waals surface area (Å²) in [5, 5.41) is 0. The second kappa shape index (κ2) is 1.99. The summed E-state index contributed by atoms with van der Waals surface area (Å²) < 4.78 is 2.02. The van der Waals surface area contributed by atoms with Crippen LogP contribution in [0.4, 0.5) is 5.82 Å². The lowest BCUT2D eigenvalue weighted by Crippen LogP contribution is -1.90. The Hall–Kier alpha value is -1.51. The molecule has 0 spiro atoms. The van der Waals surface area contributed by atoms with E-state index in [1.165, 1.54) is 0 Å². The van der Waals surface area contributed by atoms with Crippen molar-refractivity contribution < 1.29 is 0 Å². The van der Waals surface area contributed by atoms with Gasteiger partial charge in [0.25, 0.3) is 0 Å². The quantitative estimate of drug-likeness (QED) is 0.607. The fourth-order valence-electron chi connectivity index (χ4n) is 1.17. The minimum Gasteiger partial charge on any atom is -0.384 e. The van der Waals surface area contributed by atoms with E-state index >= 15 is 0 Å². The number of nitrogens with two attached hydrogens (primary N) is 1. The molecule has 0 saturated heterocycles. The van der Waals surface area contributed by atoms with Crippen molar-refractivity contribution in [1.82, 2.24) is 9.55 Å². The minimum absolute atomic E-state index is 0.573. The van der Waals surface area contributed by atoms with Crippen molar-refractivity contribution in [3.8, 4) is 0 Å². The Balaban J connectivity index is 2.86. The lowest BCUT2D eigenvalue weighted by atomic mass is 10.4. The standard InChI is InChI=1S/C8H9N3/c1-11-5-4-6-7(11)2-3-8(9)10-6/h2-5H,1H3,(H2,9,10). The highest BCUT2D eigenvalue weighted by Gasteiger charge is 1.97. The molecule has 56 valence electrons. The van der Waals surface area contributed by atoms with Gasteiger partial charge < -0.3 is 10.3 Å². The number of nitrogens with zero attached hydrogens (tertiary/aromatic N) is 2. The third-order valence-corrected chi connectivity index (χ3v) is 1.76. The van der Waals surface area contributed by atoms with E-state index in [2.05, 4.69) is 4.98 Å². The lowest BCUT2D eigenvalue weighted by molar-refractivity contribution is 0.968. The van der Waals surface area contributed by atoms with Gasteiger partial charge in [-0.1, -0.05) is 0 Å². The molecule has 2 heterocycles. The number of hydrogen-bond donors (Lipinski definition) is 1. The molecule has 11 heavy (non-hydrogen) atoms. The van der Waals surface area contributed by atoms with Crippen molar-refractivity contribution in [3.63, 3.8) is 0 Å². The first-order valence-electron chi connectivity index (χ1n) is 3.45. The van der Waals surface area contributed by atoms with Crippen LogP contribution in [-0.4, -0.2) is 9.55 Å². The molecule has 0 fully saturated rings. The molecule has 2 N–H and O–H groups in total. The average Bonchev–Trinajstić information content (AvgIpc) is 2.32. The van der Waals surface area contributed by atoms with E-state index in [-0.39, 0.29) is 0 Å². The molecular weight excluding hydrogens is 138 g/mol. The van der Waals surface area contributed by atoms with Crippen LogP contribution in [0.5, 0.6) is 0 Å². The highest BCUT2D eigenvalue weighted by atomic mass is 14.9. The van der Waals surface area contributed by atoms with E-state index < -0.39 is 0 Å². The van der Waals surface area contributed by atoms with Crippen LogP contribution in [0.1, 0.15) is 0 Å². The summed E-state index contributed by atoms with van der Waals surface area (Å²) in [6.45, 7) is 0. The summed E-state index contributed by atoms with van der Waals surface area (Å²) in [4.78, 5) is 4.15. The first-order chi connectivity index (χ1) is 5.27. The predicted molar refractivity (Wildman–Crippen MR) is 45.1 cm³/mol. The average molecular weight is 147 g/mol. The summed E-state index contributed by atoms with van der Waals surface area (Å²) in [5.41, 5.74) is 7.57. The molecule has 3 nitrogen and oxygen atoms in total. The summed E-state index contributed by atoms with van der Waals surface area (Å²) in [7, 11) is 1.99. The third-order valence-electron chi connectivity index (χ3n) is 1.76. The van der Waals surface area contributed by atoms with Crippen LogP contribution in [-0.2, 0) is 7.05 Å². The lowest BCUT2D eigenvalue weighted by Gasteiger charge is -1.95. The maximum atomic E-state index is 5.51. The van der Waals surface area contributed by atoms with Crippen molar-refractivity contribution in [2.75, 3.05) is 5.73 Å². The fourth-order valence-corrected chi connectivity index (χ4v) is 1.17. The summed E-state index contributed by atoms with van der Waals surface area (Å²) in [6.07, 6.45) is 1.97. The summed E-state index contributed by atoms with van der Waals surface area (Å²) in [5.74, 6) is 0.573. The van der Waals surface area contributed by atoms with Gasteiger partial charge >= 0.3 is 0 Å². The first kappa shape index (κ1) is 6.22. The van der Waals surface area contributed by atoms with E-state index in [1.54, 1.807) is 0 Å². The monoisotopic (exact) mass is 147 g/mol. The van der Waals surface area contributed by atoms with Gasteiger partial charge in [-0.25, -0.2) is 4.98 Å². The summed E-state index contributed by atoms with van der Waals surface area (Å²) in [6, 6.07) is 5.73. The van der Waals surface area contributed by atoms with E-state index in [9.17, 15) is 0 Å². The van der Waals surface area contributed by atoms with Crippen molar-refractivity contribution in [2.45, 2.75) is 0 Å². The van der Waals surface area contributed by atoms with Gasteiger partial charge in [0.2, 0.25) is 0 Å². The molecule has 0 saturated carbocycles. The normalized spacial score (nSPS) is 10.6. The molecule has 0 aromatic carbocycles. The van der Waals surface area contributed by atoms with E-state index in [0.717, 1.165) is 11.0 Å². The Kier molecular flexibility index (Phi) is 1.12. The van der Waals surface area contributed by atoms with Crippen molar-refractivity contribution in [3.05, 3.63) is 24.4 Å². The van der Waals surface area contributed by atoms with Crippen LogP contribution in [0.25, 0.3) is 11.0 Å². The van der Waals surface area contributed by atoms with Gasteiger partial charge in [-0.2, -0.15) is 0 Å². The fraction of sp³-hybridized carbons (Fsp3) is 0.125. The van der Waals surface area contributed by atoms with Gasteiger partial charge in [-0.15, -0.1) is 0 Å². The molecule has 2 aromatic rings. The van der Waals surface area contributed by atoms with Gasteiger partial charge in [0.05, 0.1) is 11.0 Å². The zero-order valence-corrected chi connectivity index (χ0v) is 6.28. The van der Waals surface area contributed by atoms with Crippen LogP contribution >= 0.6 is 0 Å². The number of rotatable bonds is 0. The second-order valence-electron chi connectivity index (χ2n) is 2.57. The molecule has 2 aromatic heterocycles. The molecule has 0 radical (unpaired) electrons. The molecule has 0 aliphatic heterocycles. The number of fused-ring (bicyclic) bond motifs is 1. The maximum absolute atomic E-state index is 5.51. The Labute approximate surface area is 64.5 Å². The number of aryl methyl sites for hydroxylation is 1. The maximum Gasteiger partial charge on any atom is 0.124 e. The molecule has 3 heteroatoms. The van der Waals surface area contributed by atoms with Gasteiger partial charge in [-0.05, 0) is 18.2 Å². The number of aromatic nitrogens is 2. The topological polar surface area (TPSA) is 43.8 Å². The molecule has 0 bridgehead atoms. The van der Waals surface area contributed by atoms with Crippen LogP contribution < -0.4 is 5.73 Å². The smallest absolute Gasteiger partial charge is 0.124 e. The molecule has 0 aliphatic carbocycles. The van der Waals surface area contributed by atoms with Gasteiger partial charge in [0.15, 0.2) is 0 Å². The molecule has 0 amide bonds. The minimum atomic E-state index is 0.573. The molecular formula is C8H9N3. The third kappa shape index (κ3) is 0.852. The van der Waals surface area contributed by atoms with Crippen LogP contribution in [0.15, 0.2) is 24.4 Å². The van der Waals surface area contributed by atoms with Crippen molar-refractivity contribution >= 4 is 16.9 Å².